The van der Waals surface area contributed by atoms with Crippen LogP contribution in [0.4, 0.5) is 0 Å². The average molecular weight is 332 g/mol. The van der Waals surface area contributed by atoms with Crippen molar-refractivity contribution < 1.29 is 14.3 Å². The Morgan fingerprint density at radius 3 is 2.88 bits per heavy atom. The summed E-state index contributed by atoms with van der Waals surface area (Å²) in [4.78, 5) is 13.0. The number of hydrogen-bond donors (Lipinski definition) is 2. The van der Waals surface area contributed by atoms with Gasteiger partial charge in [-0.15, -0.1) is 0 Å². The lowest BCUT2D eigenvalue weighted by atomic mass is 9.54. The molecule has 1 amide bonds. The molecule has 1 aliphatic heterocycles. The molecule has 0 saturated heterocycles. The molecule has 1 heterocycles. The highest BCUT2D eigenvalue weighted by molar-refractivity contribution is 5.89. The zero-order valence-electron chi connectivity index (χ0n) is 14.8. The fraction of sp³-hybridized carbons (Fsp3) is 0.632. The summed E-state index contributed by atoms with van der Waals surface area (Å²) in [6.45, 7) is 7.31. The van der Waals surface area contributed by atoms with E-state index in [9.17, 15) is 4.79 Å². The van der Waals surface area contributed by atoms with Gasteiger partial charge in [-0.05, 0) is 25.8 Å². The van der Waals surface area contributed by atoms with Gasteiger partial charge >= 0.3 is 0 Å². The van der Waals surface area contributed by atoms with Gasteiger partial charge in [0.2, 0.25) is 5.91 Å². The van der Waals surface area contributed by atoms with Gasteiger partial charge in [0, 0.05) is 24.0 Å². The lowest BCUT2D eigenvalue weighted by Crippen LogP contribution is -2.75. The summed E-state index contributed by atoms with van der Waals surface area (Å²) in [5, 5.41) is 3.18. The zero-order chi connectivity index (χ0) is 17.4. The summed E-state index contributed by atoms with van der Waals surface area (Å²) in [5.74, 6) is 0.761. The summed E-state index contributed by atoms with van der Waals surface area (Å²) in [6.07, 6.45) is 2.35. The molecule has 5 heteroatoms. The van der Waals surface area contributed by atoms with Crippen molar-refractivity contribution in [2.45, 2.75) is 57.7 Å². The number of carbonyl (C=O) groups excluding carboxylic acids is 1. The van der Waals surface area contributed by atoms with Gasteiger partial charge in [-0.3, -0.25) is 4.79 Å². The van der Waals surface area contributed by atoms with Gasteiger partial charge in [0.25, 0.3) is 0 Å². The lowest BCUT2D eigenvalue weighted by molar-refractivity contribution is -0.171. The van der Waals surface area contributed by atoms with E-state index in [2.05, 4.69) is 5.32 Å². The molecule has 2 aliphatic rings. The number of rotatable bonds is 4. The van der Waals surface area contributed by atoms with E-state index in [1.807, 2.05) is 45.0 Å². The molecule has 132 valence electrons. The molecule has 1 aromatic rings. The van der Waals surface area contributed by atoms with E-state index in [0.717, 1.165) is 24.2 Å². The molecule has 0 aromatic heterocycles. The molecule has 1 aliphatic carbocycles. The first-order valence-electron chi connectivity index (χ1n) is 8.83. The van der Waals surface area contributed by atoms with Crippen LogP contribution in [0.2, 0.25) is 0 Å². The lowest BCUT2D eigenvalue weighted by Gasteiger charge is -2.57. The van der Waals surface area contributed by atoms with Crippen LogP contribution in [0.25, 0.3) is 0 Å². The summed E-state index contributed by atoms with van der Waals surface area (Å²) in [7, 11) is 0. The third-order valence-electron chi connectivity index (χ3n) is 5.73. The van der Waals surface area contributed by atoms with Crippen LogP contribution in [0.15, 0.2) is 24.3 Å². The third kappa shape index (κ3) is 2.70. The Morgan fingerprint density at radius 2 is 2.17 bits per heavy atom. The molecule has 1 fully saturated rings. The van der Waals surface area contributed by atoms with E-state index in [0.29, 0.717) is 19.6 Å². The first-order chi connectivity index (χ1) is 11.4. The molecule has 5 nitrogen and oxygen atoms in total. The molecular weight excluding hydrogens is 304 g/mol. The molecule has 0 radical (unpaired) electrons. The minimum absolute atomic E-state index is 0.0306. The van der Waals surface area contributed by atoms with Gasteiger partial charge in [-0.2, -0.15) is 0 Å². The number of amides is 1. The third-order valence-corrected chi connectivity index (χ3v) is 5.73. The number of nitrogens with one attached hydrogen (secondary N) is 1. The normalized spacial score (nSPS) is 31.2. The predicted molar refractivity (Wildman–Crippen MR) is 92.8 cm³/mol. The standard InChI is InChI=1S/C19H28N2O3/c1-4-23-16-12-19(20,18(16,2)3)17(22)21-14-9-7-11-24-15-10-6-5-8-13(14)15/h5-6,8,10,14,16H,4,7,9,11-12,20H2,1-3H3,(H,21,22). The second kappa shape index (κ2) is 6.37. The van der Waals surface area contributed by atoms with E-state index in [4.69, 9.17) is 15.2 Å². The smallest absolute Gasteiger partial charge is 0.241 e. The number of para-hydroxylation sites is 1. The van der Waals surface area contributed by atoms with Crippen LogP contribution >= 0.6 is 0 Å². The van der Waals surface area contributed by atoms with Crippen molar-refractivity contribution in [3.63, 3.8) is 0 Å². The second-order valence-corrected chi connectivity index (χ2v) is 7.40. The maximum Gasteiger partial charge on any atom is 0.241 e. The van der Waals surface area contributed by atoms with E-state index < -0.39 is 5.54 Å². The molecule has 3 N–H and O–H groups in total. The second-order valence-electron chi connectivity index (χ2n) is 7.40. The van der Waals surface area contributed by atoms with Crippen LogP contribution in [0.5, 0.6) is 5.75 Å². The quantitative estimate of drug-likeness (QED) is 0.889. The highest BCUT2D eigenvalue weighted by Crippen LogP contribution is 2.50. The van der Waals surface area contributed by atoms with Gasteiger partial charge in [-0.1, -0.05) is 32.0 Å². The number of hydrogen-bond acceptors (Lipinski definition) is 4. The number of benzene rings is 1. The fourth-order valence-electron chi connectivity index (χ4n) is 3.78. The Hall–Kier alpha value is -1.59. The Bertz CT molecular complexity index is 616. The minimum atomic E-state index is -0.894. The maximum absolute atomic E-state index is 13.0. The number of nitrogens with two attached hydrogens (primary N) is 1. The Labute approximate surface area is 143 Å². The Balaban J connectivity index is 1.76. The Kier molecular flexibility index (Phi) is 4.58. The van der Waals surface area contributed by atoms with Crippen molar-refractivity contribution in [2.24, 2.45) is 11.1 Å². The maximum atomic E-state index is 13.0. The van der Waals surface area contributed by atoms with Crippen LogP contribution in [0.1, 0.15) is 51.6 Å². The summed E-state index contributed by atoms with van der Waals surface area (Å²) < 4.78 is 11.5. The number of fused-ring (bicyclic) bond motifs is 1. The molecule has 24 heavy (non-hydrogen) atoms. The predicted octanol–water partition coefficient (Wildman–Crippen LogP) is 2.55. The molecule has 0 spiro atoms. The molecule has 1 saturated carbocycles. The van der Waals surface area contributed by atoms with E-state index in [1.165, 1.54) is 0 Å². The monoisotopic (exact) mass is 332 g/mol. The minimum Gasteiger partial charge on any atom is -0.493 e. The van der Waals surface area contributed by atoms with Crippen LogP contribution in [0.3, 0.4) is 0 Å². The molecule has 0 bridgehead atoms. The molecular formula is C19H28N2O3. The van der Waals surface area contributed by atoms with Gasteiger partial charge in [-0.25, -0.2) is 0 Å². The SMILES string of the molecule is CCOC1CC(N)(C(=O)NC2CCCOc3ccccc32)C1(C)C. The Morgan fingerprint density at radius 1 is 1.42 bits per heavy atom. The number of ether oxygens (including phenoxy) is 2. The van der Waals surface area contributed by atoms with E-state index in [-0.39, 0.29) is 23.5 Å². The van der Waals surface area contributed by atoms with Crippen LogP contribution < -0.4 is 15.8 Å². The molecule has 3 rings (SSSR count). The molecule has 3 unspecified atom stereocenters. The fourth-order valence-corrected chi connectivity index (χ4v) is 3.78. The molecule has 1 aromatic carbocycles. The summed E-state index contributed by atoms with van der Waals surface area (Å²) >= 11 is 0. The average Bonchev–Trinajstić information content (AvgIpc) is 2.77. The van der Waals surface area contributed by atoms with Crippen molar-refractivity contribution in [2.75, 3.05) is 13.2 Å². The largest absolute Gasteiger partial charge is 0.493 e. The highest BCUT2D eigenvalue weighted by Gasteiger charge is 2.63. The zero-order valence-corrected chi connectivity index (χ0v) is 14.8. The van der Waals surface area contributed by atoms with Gasteiger partial charge in [0.1, 0.15) is 11.3 Å². The highest BCUT2D eigenvalue weighted by atomic mass is 16.5. The van der Waals surface area contributed by atoms with Crippen molar-refractivity contribution in [1.82, 2.24) is 5.32 Å². The van der Waals surface area contributed by atoms with E-state index in [1.54, 1.807) is 0 Å². The van der Waals surface area contributed by atoms with Crippen molar-refractivity contribution in [3.05, 3.63) is 29.8 Å². The molecule has 3 atom stereocenters. The van der Waals surface area contributed by atoms with Gasteiger partial charge in [0.15, 0.2) is 0 Å². The van der Waals surface area contributed by atoms with Gasteiger partial charge in [0.05, 0.1) is 18.8 Å². The van der Waals surface area contributed by atoms with Crippen molar-refractivity contribution in [3.8, 4) is 5.75 Å². The first kappa shape index (κ1) is 17.2. The van der Waals surface area contributed by atoms with Crippen LogP contribution in [-0.2, 0) is 9.53 Å². The van der Waals surface area contributed by atoms with E-state index >= 15 is 0 Å². The van der Waals surface area contributed by atoms with Crippen LogP contribution in [-0.4, -0.2) is 30.8 Å². The topological polar surface area (TPSA) is 73.6 Å². The summed E-state index contributed by atoms with van der Waals surface area (Å²) in [6, 6.07) is 7.84. The van der Waals surface area contributed by atoms with Crippen molar-refractivity contribution in [1.29, 1.82) is 0 Å². The van der Waals surface area contributed by atoms with Gasteiger partial charge < -0.3 is 20.5 Å². The van der Waals surface area contributed by atoms with Crippen molar-refractivity contribution >= 4 is 5.91 Å². The first-order valence-corrected chi connectivity index (χ1v) is 8.83. The van der Waals surface area contributed by atoms with Crippen LogP contribution in [0, 0.1) is 5.41 Å². The number of carbonyl (C=O) groups is 1. The summed E-state index contributed by atoms with van der Waals surface area (Å²) in [5.41, 5.74) is 6.26.